The largest absolute Gasteiger partial charge is 0.375 e. The van der Waals surface area contributed by atoms with E-state index in [2.05, 4.69) is 35.7 Å². The highest BCUT2D eigenvalue weighted by molar-refractivity contribution is 5.94. The minimum absolute atomic E-state index is 0.0230. The molecule has 1 saturated heterocycles. The van der Waals surface area contributed by atoms with Gasteiger partial charge in [-0.05, 0) is 24.3 Å². The summed E-state index contributed by atoms with van der Waals surface area (Å²) in [5.74, 6) is 0.508. The Balaban J connectivity index is 1.36. The second-order valence-electron chi connectivity index (χ2n) is 6.82. The maximum atomic E-state index is 12.2. The number of carbonyl (C=O) groups is 2. The minimum atomic E-state index is -0.285. The molecule has 1 aromatic carbocycles. The van der Waals surface area contributed by atoms with Crippen molar-refractivity contribution in [3.05, 3.63) is 42.7 Å². The molecule has 0 aliphatic carbocycles. The van der Waals surface area contributed by atoms with Crippen molar-refractivity contribution in [1.29, 1.82) is 0 Å². The zero-order valence-electron chi connectivity index (χ0n) is 17.0. The molecule has 0 atom stereocenters. The number of benzene rings is 1. The Labute approximate surface area is 175 Å². The van der Waals surface area contributed by atoms with Gasteiger partial charge in [-0.1, -0.05) is 6.07 Å². The van der Waals surface area contributed by atoms with Crippen molar-refractivity contribution in [3.63, 3.8) is 0 Å². The molecule has 10 heteroatoms. The molecular formula is C20H27N7O3. The number of amides is 3. The van der Waals surface area contributed by atoms with E-state index in [-0.39, 0.29) is 18.5 Å². The minimum Gasteiger partial charge on any atom is -0.375 e. The summed E-state index contributed by atoms with van der Waals surface area (Å²) < 4.78 is 4.79. The van der Waals surface area contributed by atoms with Crippen LogP contribution in [0.5, 0.6) is 0 Å². The normalized spacial score (nSPS) is 14.2. The Morgan fingerprint density at radius 3 is 2.43 bits per heavy atom. The van der Waals surface area contributed by atoms with Gasteiger partial charge in [0.2, 0.25) is 11.9 Å². The number of urea groups is 1. The summed E-state index contributed by atoms with van der Waals surface area (Å²) in [5, 5.41) is 8.35. The van der Waals surface area contributed by atoms with E-state index in [1.165, 1.54) is 7.11 Å². The van der Waals surface area contributed by atoms with Crippen LogP contribution in [-0.2, 0) is 9.53 Å². The summed E-state index contributed by atoms with van der Waals surface area (Å²) in [6.45, 7) is 4.79. The summed E-state index contributed by atoms with van der Waals surface area (Å²) >= 11 is 0. The van der Waals surface area contributed by atoms with E-state index in [1.54, 1.807) is 36.7 Å². The second kappa shape index (κ2) is 11.1. The van der Waals surface area contributed by atoms with Crippen molar-refractivity contribution in [2.45, 2.75) is 0 Å². The molecule has 1 aliphatic heterocycles. The van der Waals surface area contributed by atoms with Crippen molar-refractivity contribution in [3.8, 4) is 0 Å². The van der Waals surface area contributed by atoms with Gasteiger partial charge in [0.25, 0.3) is 0 Å². The molecule has 30 heavy (non-hydrogen) atoms. The molecule has 0 unspecified atom stereocenters. The van der Waals surface area contributed by atoms with Crippen molar-refractivity contribution in [2.24, 2.45) is 0 Å². The number of hydrogen-bond donors (Lipinski definition) is 3. The zero-order chi connectivity index (χ0) is 21.2. The average molecular weight is 413 g/mol. The molecule has 3 rings (SSSR count). The molecule has 1 aromatic heterocycles. The third-order valence-corrected chi connectivity index (χ3v) is 4.60. The topological polar surface area (TPSA) is 112 Å². The summed E-state index contributed by atoms with van der Waals surface area (Å²) in [7, 11) is 1.46. The number of anilines is 3. The number of rotatable bonds is 8. The van der Waals surface area contributed by atoms with Crippen molar-refractivity contribution in [1.82, 2.24) is 20.2 Å². The summed E-state index contributed by atoms with van der Waals surface area (Å²) in [4.78, 5) is 36.8. The highest BCUT2D eigenvalue weighted by Gasteiger charge is 2.18. The molecule has 0 saturated carbocycles. The van der Waals surface area contributed by atoms with Gasteiger partial charge in [-0.2, -0.15) is 0 Å². The number of ether oxygens (including phenoxy) is 1. The molecule has 3 amide bonds. The van der Waals surface area contributed by atoms with Gasteiger partial charge >= 0.3 is 6.03 Å². The van der Waals surface area contributed by atoms with Crippen LogP contribution in [0.3, 0.4) is 0 Å². The monoisotopic (exact) mass is 413 g/mol. The SMILES string of the molecule is COCC(=O)Nc1cccc(NC(=O)NCCN2CCN(c3ncccn3)CC2)c1. The predicted octanol–water partition coefficient (Wildman–Crippen LogP) is 1.01. The van der Waals surface area contributed by atoms with Crippen LogP contribution in [0.1, 0.15) is 0 Å². The van der Waals surface area contributed by atoms with Crippen LogP contribution in [0.2, 0.25) is 0 Å². The molecule has 2 heterocycles. The lowest BCUT2D eigenvalue weighted by molar-refractivity contribution is -0.119. The van der Waals surface area contributed by atoms with Crippen LogP contribution >= 0.6 is 0 Å². The number of nitrogens with one attached hydrogen (secondary N) is 3. The molecule has 1 fully saturated rings. The molecule has 10 nitrogen and oxygen atoms in total. The fraction of sp³-hybridized carbons (Fsp3) is 0.400. The number of aromatic nitrogens is 2. The van der Waals surface area contributed by atoms with E-state index < -0.39 is 0 Å². The van der Waals surface area contributed by atoms with Crippen LogP contribution in [0.25, 0.3) is 0 Å². The zero-order valence-corrected chi connectivity index (χ0v) is 17.0. The molecule has 1 aliphatic rings. The van der Waals surface area contributed by atoms with Gasteiger partial charge in [0.1, 0.15) is 6.61 Å². The van der Waals surface area contributed by atoms with E-state index in [0.717, 1.165) is 38.7 Å². The van der Waals surface area contributed by atoms with Crippen LogP contribution in [0.15, 0.2) is 42.7 Å². The van der Waals surface area contributed by atoms with E-state index in [4.69, 9.17) is 4.74 Å². The smallest absolute Gasteiger partial charge is 0.319 e. The lowest BCUT2D eigenvalue weighted by Crippen LogP contribution is -2.49. The lowest BCUT2D eigenvalue weighted by Gasteiger charge is -2.34. The van der Waals surface area contributed by atoms with E-state index in [9.17, 15) is 9.59 Å². The Bertz CT molecular complexity index is 826. The maximum Gasteiger partial charge on any atom is 0.319 e. The molecule has 160 valence electrons. The number of hydrogen-bond acceptors (Lipinski definition) is 7. The van der Waals surface area contributed by atoms with Gasteiger partial charge in [-0.3, -0.25) is 9.69 Å². The first-order valence-corrected chi connectivity index (χ1v) is 9.82. The van der Waals surface area contributed by atoms with Crippen molar-refractivity contribution in [2.75, 3.05) is 68.5 Å². The Morgan fingerprint density at radius 1 is 1.03 bits per heavy atom. The van der Waals surface area contributed by atoms with Gasteiger partial charge in [0.15, 0.2) is 0 Å². The molecule has 0 bridgehead atoms. The fourth-order valence-electron chi connectivity index (χ4n) is 3.13. The molecule has 0 radical (unpaired) electrons. The average Bonchev–Trinajstić information content (AvgIpc) is 2.75. The lowest BCUT2D eigenvalue weighted by atomic mass is 10.2. The van der Waals surface area contributed by atoms with Crippen LogP contribution in [0, 0.1) is 0 Å². The Morgan fingerprint density at radius 2 is 1.73 bits per heavy atom. The molecule has 0 spiro atoms. The van der Waals surface area contributed by atoms with E-state index in [0.29, 0.717) is 17.9 Å². The van der Waals surface area contributed by atoms with Gasteiger partial charge in [-0.25, -0.2) is 14.8 Å². The predicted molar refractivity (Wildman–Crippen MR) is 115 cm³/mol. The number of carbonyl (C=O) groups excluding carboxylic acids is 2. The maximum absolute atomic E-state index is 12.2. The number of piperazine rings is 1. The van der Waals surface area contributed by atoms with Crippen LogP contribution in [-0.4, -0.2) is 79.8 Å². The third kappa shape index (κ3) is 6.68. The highest BCUT2D eigenvalue weighted by Crippen LogP contribution is 2.15. The Hall–Kier alpha value is -3.24. The van der Waals surface area contributed by atoms with E-state index >= 15 is 0 Å². The van der Waals surface area contributed by atoms with Gasteiger partial charge in [0, 0.05) is 70.1 Å². The number of methoxy groups -OCH3 is 1. The fourth-order valence-corrected chi connectivity index (χ4v) is 3.13. The first kappa shape index (κ1) is 21.5. The van der Waals surface area contributed by atoms with Crippen molar-refractivity contribution < 1.29 is 14.3 Å². The molecular weight excluding hydrogens is 386 g/mol. The standard InChI is InChI=1S/C20H27N7O3/c1-30-15-18(28)24-16-4-2-5-17(14-16)25-20(29)23-8-9-26-10-12-27(13-11-26)19-21-6-3-7-22-19/h2-7,14H,8-13,15H2,1H3,(H,24,28)(H2,23,25,29). The first-order chi connectivity index (χ1) is 14.6. The van der Waals surface area contributed by atoms with Crippen LogP contribution < -0.4 is 20.9 Å². The van der Waals surface area contributed by atoms with Crippen LogP contribution in [0.4, 0.5) is 22.1 Å². The second-order valence-corrected chi connectivity index (χ2v) is 6.82. The van der Waals surface area contributed by atoms with Gasteiger partial charge in [0.05, 0.1) is 0 Å². The summed E-state index contributed by atoms with van der Waals surface area (Å²) in [6, 6.07) is 8.48. The first-order valence-electron chi connectivity index (χ1n) is 9.82. The van der Waals surface area contributed by atoms with E-state index in [1.807, 2.05) is 6.07 Å². The summed E-state index contributed by atoms with van der Waals surface area (Å²) in [6.07, 6.45) is 3.50. The molecule has 3 N–H and O–H groups in total. The molecule has 2 aromatic rings. The van der Waals surface area contributed by atoms with Crippen molar-refractivity contribution >= 4 is 29.3 Å². The summed E-state index contributed by atoms with van der Waals surface area (Å²) in [5.41, 5.74) is 1.19. The third-order valence-electron chi connectivity index (χ3n) is 4.60. The number of nitrogens with zero attached hydrogens (tertiary/aromatic N) is 4. The highest BCUT2D eigenvalue weighted by atomic mass is 16.5. The quantitative estimate of drug-likeness (QED) is 0.592. The van der Waals surface area contributed by atoms with Gasteiger partial charge < -0.3 is 25.6 Å². The van der Waals surface area contributed by atoms with Gasteiger partial charge in [-0.15, -0.1) is 0 Å². The Kier molecular flexibility index (Phi) is 7.93.